The fraction of sp³-hybridized carbons (Fsp3) is 0.364. The maximum Gasteiger partial charge on any atom is 0.269 e. The van der Waals surface area contributed by atoms with Crippen LogP contribution in [0, 0.1) is 10.1 Å². The number of hydrogen-bond acceptors (Lipinski definition) is 4. The maximum absolute atomic E-state index is 10.5. The van der Waals surface area contributed by atoms with Crippen molar-refractivity contribution < 1.29 is 4.92 Å². The van der Waals surface area contributed by atoms with Gasteiger partial charge in [-0.2, -0.15) is 5.10 Å². The number of hydrogen-bond donors (Lipinski definition) is 0. The van der Waals surface area contributed by atoms with E-state index in [-0.39, 0.29) is 11.2 Å². The van der Waals surface area contributed by atoms with Gasteiger partial charge in [-0.3, -0.25) is 15.1 Å². The minimum absolute atomic E-state index is 0.0594. The number of nitrogens with zero attached hydrogens (tertiary/aromatic N) is 3. The van der Waals surface area contributed by atoms with Crippen molar-refractivity contribution in [2.75, 3.05) is 5.01 Å². The van der Waals surface area contributed by atoms with Crippen LogP contribution in [0.15, 0.2) is 29.4 Å². The van der Waals surface area contributed by atoms with Crippen LogP contribution in [0.25, 0.3) is 0 Å². The summed E-state index contributed by atoms with van der Waals surface area (Å²) in [6.07, 6.45) is 2.74. The zero-order valence-electron chi connectivity index (χ0n) is 9.25. The topological polar surface area (TPSA) is 58.7 Å². The lowest BCUT2D eigenvalue weighted by Crippen LogP contribution is -2.36. The Hall–Kier alpha value is -1.91. The first-order valence-electron chi connectivity index (χ1n) is 5.08. The van der Waals surface area contributed by atoms with Crippen LogP contribution in [0.1, 0.15) is 20.3 Å². The maximum atomic E-state index is 10.5. The Labute approximate surface area is 93.5 Å². The summed E-state index contributed by atoms with van der Waals surface area (Å²) >= 11 is 0. The summed E-state index contributed by atoms with van der Waals surface area (Å²) in [5.74, 6) is 0. The first-order chi connectivity index (χ1) is 7.50. The van der Waals surface area contributed by atoms with Crippen LogP contribution in [-0.2, 0) is 0 Å². The Balaban J connectivity index is 2.28. The van der Waals surface area contributed by atoms with Gasteiger partial charge in [-0.25, -0.2) is 0 Å². The smallest absolute Gasteiger partial charge is 0.260 e. The predicted molar refractivity (Wildman–Crippen MR) is 62.8 cm³/mol. The molecule has 0 amide bonds. The first-order valence-corrected chi connectivity index (χ1v) is 5.08. The normalized spacial score (nSPS) is 17.8. The molecule has 1 heterocycles. The van der Waals surface area contributed by atoms with Crippen molar-refractivity contribution in [3.63, 3.8) is 0 Å². The zero-order chi connectivity index (χ0) is 11.8. The lowest BCUT2D eigenvalue weighted by molar-refractivity contribution is -0.384. The Kier molecular flexibility index (Phi) is 2.38. The van der Waals surface area contributed by atoms with Crippen LogP contribution in [0.2, 0.25) is 0 Å². The van der Waals surface area contributed by atoms with Gasteiger partial charge in [-0.05, 0) is 26.0 Å². The number of nitro groups is 1. The fourth-order valence-corrected chi connectivity index (χ4v) is 1.72. The average Bonchev–Trinajstić information content (AvgIpc) is 2.58. The van der Waals surface area contributed by atoms with Crippen molar-refractivity contribution >= 4 is 17.6 Å². The quantitative estimate of drug-likeness (QED) is 0.567. The van der Waals surface area contributed by atoms with Gasteiger partial charge < -0.3 is 0 Å². The van der Waals surface area contributed by atoms with Crippen molar-refractivity contribution in [3.05, 3.63) is 34.4 Å². The highest BCUT2D eigenvalue weighted by atomic mass is 16.6. The van der Waals surface area contributed by atoms with Crippen molar-refractivity contribution in [2.24, 2.45) is 5.10 Å². The van der Waals surface area contributed by atoms with E-state index in [4.69, 9.17) is 0 Å². The van der Waals surface area contributed by atoms with E-state index in [1.54, 1.807) is 12.1 Å². The molecule has 2 rings (SSSR count). The molecule has 5 heteroatoms. The molecule has 0 N–H and O–H groups in total. The second kappa shape index (κ2) is 3.59. The van der Waals surface area contributed by atoms with Crippen molar-refractivity contribution in [3.8, 4) is 0 Å². The minimum Gasteiger partial charge on any atom is -0.260 e. The van der Waals surface area contributed by atoms with Crippen LogP contribution in [0.3, 0.4) is 0 Å². The molecule has 84 valence electrons. The monoisotopic (exact) mass is 219 g/mol. The fourth-order valence-electron chi connectivity index (χ4n) is 1.72. The summed E-state index contributed by atoms with van der Waals surface area (Å²) in [5, 5.41) is 16.7. The summed E-state index contributed by atoms with van der Waals surface area (Å²) in [6.45, 7) is 4.17. The average molecular weight is 219 g/mol. The van der Waals surface area contributed by atoms with Gasteiger partial charge in [0.1, 0.15) is 0 Å². The standard InChI is InChI=1S/C11H13N3O2/c1-11(2)7-8-12-13(11)9-3-5-10(6-4-9)14(15)16/h3-6,8H,7H2,1-2H3. The van der Waals surface area contributed by atoms with E-state index in [0.717, 1.165) is 12.1 Å². The highest BCUT2D eigenvalue weighted by molar-refractivity contribution is 5.68. The zero-order valence-corrected chi connectivity index (χ0v) is 9.25. The number of non-ortho nitro benzene ring substituents is 1. The van der Waals surface area contributed by atoms with Gasteiger partial charge in [0.25, 0.3) is 5.69 Å². The van der Waals surface area contributed by atoms with Gasteiger partial charge in [0, 0.05) is 24.8 Å². The summed E-state index contributed by atoms with van der Waals surface area (Å²) in [6, 6.07) is 6.45. The van der Waals surface area contributed by atoms with Gasteiger partial charge in [0.05, 0.1) is 16.1 Å². The minimum atomic E-state index is -0.401. The molecule has 1 aromatic carbocycles. The van der Waals surface area contributed by atoms with E-state index in [1.807, 2.05) is 11.2 Å². The molecule has 0 saturated heterocycles. The first kappa shape index (κ1) is 10.6. The van der Waals surface area contributed by atoms with Gasteiger partial charge in [0.2, 0.25) is 0 Å². The second-order valence-corrected chi connectivity index (χ2v) is 4.40. The second-order valence-electron chi connectivity index (χ2n) is 4.40. The molecular weight excluding hydrogens is 206 g/mol. The van der Waals surface area contributed by atoms with E-state index in [1.165, 1.54) is 12.1 Å². The summed E-state index contributed by atoms with van der Waals surface area (Å²) in [5.41, 5.74) is 0.921. The Morgan fingerprint density at radius 2 is 2.00 bits per heavy atom. The SMILES string of the molecule is CC1(C)CC=NN1c1ccc([N+](=O)[O-])cc1. The molecule has 0 aromatic heterocycles. The molecule has 0 fully saturated rings. The van der Waals surface area contributed by atoms with Crippen molar-refractivity contribution in [2.45, 2.75) is 25.8 Å². The Morgan fingerprint density at radius 1 is 1.38 bits per heavy atom. The van der Waals surface area contributed by atoms with Crippen molar-refractivity contribution in [1.29, 1.82) is 0 Å². The summed E-state index contributed by atoms with van der Waals surface area (Å²) in [4.78, 5) is 10.1. The molecule has 1 aliphatic heterocycles. The number of anilines is 1. The summed E-state index contributed by atoms with van der Waals surface area (Å²) in [7, 11) is 0. The molecule has 1 aromatic rings. The molecule has 16 heavy (non-hydrogen) atoms. The van der Waals surface area contributed by atoms with Crippen LogP contribution >= 0.6 is 0 Å². The third-order valence-corrected chi connectivity index (χ3v) is 2.67. The van der Waals surface area contributed by atoms with E-state index < -0.39 is 4.92 Å². The third-order valence-electron chi connectivity index (χ3n) is 2.67. The largest absolute Gasteiger partial charge is 0.269 e. The van der Waals surface area contributed by atoms with E-state index in [0.29, 0.717) is 0 Å². The lowest BCUT2D eigenvalue weighted by atomic mass is 10.0. The van der Waals surface area contributed by atoms with Crippen LogP contribution in [0.4, 0.5) is 11.4 Å². The lowest BCUT2D eigenvalue weighted by Gasteiger charge is -2.30. The van der Waals surface area contributed by atoms with E-state index in [2.05, 4.69) is 18.9 Å². The molecule has 0 saturated carbocycles. The molecule has 0 bridgehead atoms. The Bertz CT molecular complexity index is 437. The number of nitro benzene ring substituents is 1. The molecule has 0 aliphatic carbocycles. The molecule has 0 unspecified atom stereocenters. The molecule has 0 spiro atoms. The van der Waals surface area contributed by atoms with Gasteiger partial charge in [-0.15, -0.1) is 0 Å². The number of hydrazone groups is 1. The van der Waals surface area contributed by atoms with E-state index >= 15 is 0 Å². The van der Waals surface area contributed by atoms with Crippen LogP contribution < -0.4 is 5.01 Å². The Morgan fingerprint density at radius 3 is 2.44 bits per heavy atom. The molecule has 0 atom stereocenters. The molecular formula is C11H13N3O2. The molecule has 0 radical (unpaired) electrons. The van der Waals surface area contributed by atoms with Crippen LogP contribution in [-0.4, -0.2) is 16.7 Å². The number of benzene rings is 1. The molecule has 1 aliphatic rings. The van der Waals surface area contributed by atoms with Gasteiger partial charge in [0.15, 0.2) is 0 Å². The van der Waals surface area contributed by atoms with Gasteiger partial charge in [-0.1, -0.05) is 0 Å². The highest BCUT2D eigenvalue weighted by Crippen LogP contribution is 2.31. The number of rotatable bonds is 2. The molecule has 5 nitrogen and oxygen atoms in total. The van der Waals surface area contributed by atoms with Crippen LogP contribution in [0.5, 0.6) is 0 Å². The highest BCUT2D eigenvalue weighted by Gasteiger charge is 2.30. The summed E-state index contributed by atoms with van der Waals surface area (Å²) < 4.78 is 0. The van der Waals surface area contributed by atoms with Crippen molar-refractivity contribution in [1.82, 2.24) is 0 Å². The predicted octanol–water partition coefficient (Wildman–Crippen LogP) is 2.57. The van der Waals surface area contributed by atoms with E-state index in [9.17, 15) is 10.1 Å². The van der Waals surface area contributed by atoms with Gasteiger partial charge >= 0.3 is 0 Å². The third kappa shape index (κ3) is 1.76.